The predicted molar refractivity (Wildman–Crippen MR) is 76.2 cm³/mol. The van der Waals surface area contributed by atoms with Gasteiger partial charge >= 0.3 is 11.9 Å². The Morgan fingerprint density at radius 3 is 1.17 bits per heavy atom. The van der Waals surface area contributed by atoms with Gasteiger partial charge in [-0.1, -0.05) is 0 Å². The maximum atomic E-state index is 13.0. The average Bonchev–Trinajstić information content (AvgIpc) is 3.58. The minimum absolute atomic E-state index is 0.168. The lowest BCUT2D eigenvalue weighted by molar-refractivity contribution is -0.179. The summed E-state index contributed by atoms with van der Waals surface area (Å²) in [5.41, 5.74) is -1.57. The van der Waals surface area contributed by atoms with Crippen LogP contribution in [0.2, 0.25) is 0 Å². The van der Waals surface area contributed by atoms with E-state index in [2.05, 4.69) is 10.2 Å². The quantitative estimate of drug-likeness (QED) is 0.702. The number of esters is 2. The summed E-state index contributed by atoms with van der Waals surface area (Å²) in [5, 5.41) is 9.31. The molecule has 0 aromatic carbocycles. The molecular weight excluding hydrogens is 308 g/mol. The Morgan fingerprint density at radius 1 is 0.625 bits per heavy atom. The summed E-state index contributed by atoms with van der Waals surface area (Å²) in [5.74, 6) is 5.50. The van der Waals surface area contributed by atoms with Crippen LogP contribution in [0.5, 0.6) is 0 Å². The van der Waals surface area contributed by atoms with Crippen LogP contribution in [0.15, 0.2) is 10.2 Å². The van der Waals surface area contributed by atoms with E-state index in [4.69, 9.17) is 9.47 Å². The van der Waals surface area contributed by atoms with Gasteiger partial charge in [-0.15, -0.1) is 0 Å². The van der Waals surface area contributed by atoms with Gasteiger partial charge in [-0.05, 0) is 47.3 Å². The van der Waals surface area contributed by atoms with Crippen LogP contribution in [-0.4, -0.2) is 37.2 Å². The van der Waals surface area contributed by atoms with Crippen molar-refractivity contribution in [3.05, 3.63) is 0 Å². The molecule has 2 aliphatic heterocycles. The van der Waals surface area contributed by atoms with Crippen molar-refractivity contribution in [1.82, 2.24) is 0 Å². The lowest BCUT2D eigenvalue weighted by atomic mass is 9.50. The van der Waals surface area contributed by atoms with Crippen molar-refractivity contribution < 1.29 is 19.1 Å². The molecule has 0 N–H and O–H groups in total. The first-order chi connectivity index (χ1) is 11.7. The molecule has 0 radical (unpaired) electrons. The van der Waals surface area contributed by atoms with E-state index in [1.54, 1.807) is 0 Å². The predicted octanol–water partition coefficient (Wildman–Crippen LogP) is 0.765. The summed E-state index contributed by atoms with van der Waals surface area (Å²) >= 11 is 0. The average molecular weight is 326 g/mol. The number of hydrogen-bond donors (Lipinski definition) is 0. The molecule has 9 aliphatic carbocycles. The minimum atomic E-state index is -0.786. The highest BCUT2D eigenvalue weighted by Gasteiger charge is 3.01. The van der Waals surface area contributed by atoms with Gasteiger partial charge in [0.25, 0.3) is 0 Å². The van der Waals surface area contributed by atoms with Gasteiger partial charge in [-0.3, -0.25) is 0 Å². The van der Waals surface area contributed by atoms with E-state index < -0.39 is 11.1 Å². The third-order valence-corrected chi connectivity index (χ3v) is 9.75. The van der Waals surface area contributed by atoms with E-state index >= 15 is 0 Å². The van der Waals surface area contributed by atoms with Gasteiger partial charge < -0.3 is 9.47 Å². The van der Waals surface area contributed by atoms with Crippen LogP contribution in [0, 0.1) is 71.0 Å². The fraction of sp³-hybridized carbons (Fsp3) is 0.889. The molecule has 9 saturated carbocycles. The Kier molecular flexibility index (Phi) is 1.42. The van der Waals surface area contributed by atoms with Crippen molar-refractivity contribution in [2.45, 2.75) is 11.1 Å². The van der Waals surface area contributed by atoms with Gasteiger partial charge in [0.05, 0.1) is 14.2 Å². The first kappa shape index (κ1) is 12.0. The zero-order valence-electron chi connectivity index (χ0n) is 13.5. The summed E-state index contributed by atoms with van der Waals surface area (Å²) in [6.45, 7) is 0. The van der Waals surface area contributed by atoms with Gasteiger partial charge in [0.2, 0.25) is 0 Å². The van der Waals surface area contributed by atoms with Crippen LogP contribution in [0.3, 0.4) is 0 Å². The highest BCUT2D eigenvalue weighted by atomic mass is 16.5. The third-order valence-electron chi connectivity index (χ3n) is 9.75. The van der Waals surface area contributed by atoms with Crippen LogP contribution in [0.4, 0.5) is 0 Å². The molecule has 24 heavy (non-hydrogen) atoms. The Labute approximate surface area is 138 Å². The molecule has 10 atom stereocenters. The second-order valence-electron chi connectivity index (χ2n) is 9.56. The van der Waals surface area contributed by atoms with Crippen LogP contribution >= 0.6 is 0 Å². The molecule has 9 fully saturated rings. The Bertz CT molecular complexity index is 700. The number of rotatable bonds is 2. The second-order valence-corrected chi connectivity index (χ2v) is 9.56. The van der Waals surface area contributed by atoms with E-state index in [-0.39, 0.29) is 35.6 Å². The highest BCUT2D eigenvalue weighted by Crippen LogP contribution is 2.97. The number of ether oxygens (including phenoxy) is 2. The Hall–Kier alpha value is -1.46. The van der Waals surface area contributed by atoms with Gasteiger partial charge in [0.1, 0.15) is 0 Å². The first-order valence-electron chi connectivity index (χ1n) is 9.27. The molecule has 6 bridgehead atoms. The molecule has 11 rings (SSSR count). The van der Waals surface area contributed by atoms with E-state index in [9.17, 15) is 9.59 Å². The number of hydrogen-bond acceptors (Lipinski definition) is 6. The van der Waals surface area contributed by atoms with E-state index in [0.29, 0.717) is 23.7 Å². The number of methoxy groups -OCH3 is 2. The fourth-order valence-electron chi connectivity index (χ4n) is 9.25. The normalized spacial score (nSPS) is 73.9. The van der Waals surface area contributed by atoms with E-state index in [1.165, 1.54) is 14.2 Å². The maximum Gasteiger partial charge on any atom is 0.336 e. The molecule has 0 saturated heterocycles. The molecule has 0 aromatic heterocycles. The summed E-state index contributed by atoms with van der Waals surface area (Å²) in [7, 11) is 2.96. The standard InChI is InChI=1S/C18H18N2O4/c1-23-15(21)17-11-7-3-4(7)9(3)13(11)18(20-19-17,16(22)24-2)14-10-5-6(10)8(5)12(14)17/h3-14H,1-2H3/t3?,4?,5?,6?,7?,8?,9?,10?,11-,12+,13+,14-,17?,18?. The first-order valence-corrected chi connectivity index (χ1v) is 9.27. The van der Waals surface area contributed by atoms with Gasteiger partial charge in [-0.25, -0.2) is 9.59 Å². The molecule has 2 heterocycles. The molecule has 0 spiro atoms. The van der Waals surface area contributed by atoms with Crippen LogP contribution < -0.4 is 0 Å². The van der Waals surface area contributed by atoms with Crippen LogP contribution in [-0.2, 0) is 19.1 Å². The van der Waals surface area contributed by atoms with Crippen molar-refractivity contribution in [2.75, 3.05) is 14.2 Å². The van der Waals surface area contributed by atoms with Crippen molar-refractivity contribution >= 4 is 11.9 Å². The summed E-state index contributed by atoms with van der Waals surface area (Å²) in [6.07, 6.45) is 0. The van der Waals surface area contributed by atoms with Crippen LogP contribution in [0.1, 0.15) is 0 Å². The van der Waals surface area contributed by atoms with E-state index in [1.807, 2.05) is 0 Å². The van der Waals surface area contributed by atoms with Crippen molar-refractivity contribution in [3.8, 4) is 0 Å². The van der Waals surface area contributed by atoms with Crippen molar-refractivity contribution in [2.24, 2.45) is 81.2 Å². The minimum Gasteiger partial charge on any atom is -0.467 e. The summed E-state index contributed by atoms with van der Waals surface area (Å²) in [4.78, 5) is 26.1. The Balaban J connectivity index is 1.44. The van der Waals surface area contributed by atoms with Gasteiger partial charge in [0.15, 0.2) is 11.1 Å². The molecular formula is C18H18N2O4. The lowest BCUT2D eigenvalue weighted by Gasteiger charge is -2.57. The van der Waals surface area contributed by atoms with Crippen LogP contribution in [0.25, 0.3) is 0 Å². The maximum absolute atomic E-state index is 13.0. The molecule has 0 aromatic rings. The third kappa shape index (κ3) is 0.761. The fourth-order valence-corrected chi connectivity index (χ4v) is 9.25. The number of nitrogens with zero attached hydrogens (tertiary/aromatic N) is 2. The zero-order chi connectivity index (χ0) is 15.9. The number of carbonyl (C=O) groups is 2. The summed E-state index contributed by atoms with van der Waals surface area (Å²) in [6, 6.07) is 0. The largest absolute Gasteiger partial charge is 0.467 e. The highest BCUT2D eigenvalue weighted by molar-refractivity contribution is 5.90. The number of carbonyl (C=O) groups excluding carboxylic acids is 2. The SMILES string of the molecule is COC(=O)C12N=NC(C(=O)OC)([C@@H]3C4C5C4C5[C@@H]31)[C@H]1C3C4C3C4[C@H]12. The molecule has 124 valence electrons. The lowest BCUT2D eigenvalue weighted by Crippen LogP contribution is -2.71. The zero-order valence-corrected chi connectivity index (χ0v) is 13.5. The van der Waals surface area contributed by atoms with Gasteiger partial charge in [-0.2, -0.15) is 10.2 Å². The molecule has 6 nitrogen and oxygen atoms in total. The second kappa shape index (κ2) is 2.84. The number of azo groups is 1. The van der Waals surface area contributed by atoms with Gasteiger partial charge in [0, 0.05) is 23.7 Å². The molecule has 11 aliphatic rings. The van der Waals surface area contributed by atoms with E-state index in [0.717, 1.165) is 23.7 Å². The monoisotopic (exact) mass is 326 g/mol. The molecule has 6 unspecified atom stereocenters. The van der Waals surface area contributed by atoms with Crippen molar-refractivity contribution in [3.63, 3.8) is 0 Å². The molecule has 6 heteroatoms. The topological polar surface area (TPSA) is 77.3 Å². The molecule has 0 amide bonds. The summed E-state index contributed by atoms with van der Waals surface area (Å²) < 4.78 is 10.6. The smallest absolute Gasteiger partial charge is 0.336 e. The van der Waals surface area contributed by atoms with Crippen molar-refractivity contribution in [1.29, 1.82) is 0 Å². The Morgan fingerprint density at radius 2 is 0.917 bits per heavy atom.